The van der Waals surface area contributed by atoms with Crippen LogP contribution in [0.4, 0.5) is 0 Å². The van der Waals surface area contributed by atoms with E-state index in [1.165, 1.54) is 0 Å². The molecule has 3 heteroatoms. The molecule has 0 fully saturated rings. The van der Waals surface area contributed by atoms with Crippen molar-refractivity contribution in [2.24, 2.45) is 0 Å². The van der Waals surface area contributed by atoms with E-state index in [2.05, 4.69) is 0 Å². The van der Waals surface area contributed by atoms with E-state index < -0.39 is 0 Å². The highest BCUT2D eigenvalue weighted by atomic mass is 16.5. The molecule has 0 saturated heterocycles. The van der Waals surface area contributed by atoms with E-state index >= 15 is 0 Å². The zero-order chi connectivity index (χ0) is 7.07. The van der Waals surface area contributed by atoms with E-state index in [-0.39, 0.29) is 4.65 Å². The molecule has 1 aliphatic heterocycles. The van der Waals surface area contributed by atoms with Crippen LogP contribution >= 0.6 is 0 Å². The Morgan fingerprint density at radius 2 is 2.33 bits per heavy atom. The van der Waals surface area contributed by atoms with Gasteiger partial charge in [0.15, 0.2) is 12.4 Å². The fraction of sp³-hybridized carbons (Fsp3) is 0.667. The van der Waals surface area contributed by atoms with Crippen LogP contribution in [0, 0.1) is 0 Å². The maximum atomic E-state index is 9.46. The van der Waals surface area contributed by atoms with E-state index in [0.29, 0.717) is 6.67 Å². The van der Waals surface area contributed by atoms with Gasteiger partial charge in [0.1, 0.15) is 7.05 Å². The van der Waals surface area contributed by atoms with Crippen molar-refractivity contribution < 1.29 is 9.85 Å². The second-order valence-corrected chi connectivity index (χ2v) is 2.81. The summed E-state index contributed by atoms with van der Waals surface area (Å²) in [5.41, 5.74) is 0.984. The number of hydroxylamine groups is 3. The quantitative estimate of drug-likeness (QED) is 0.484. The molecule has 3 nitrogen and oxygen atoms in total. The summed E-state index contributed by atoms with van der Waals surface area (Å²) >= 11 is 0. The normalized spacial score (nSPS) is 35.1. The minimum atomic E-state index is 0.0104. The first-order valence-corrected chi connectivity index (χ1v) is 3.00. The Bertz CT molecular complexity index is 151. The van der Waals surface area contributed by atoms with Crippen molar-refractivity contribution in [3.63, 3.8) is 0 Å². The third-order valence-corrected chi connectivity index (χ3v) is 1.67. The summed E-state index contributed by atoms with van der Waals surface area (Å²) < 4.78 is 0.0104. The molecule has 1 unspecified atom stereocenters. The lowest BCUT2D eigenvalue weighted by molar-refractivity contribution is -1.06. The van der Waals surface area contributed by atoms with Gasteiger partial charge in [-0.05, 0) is 0 Å². The zero-order valence-electron chi connectivity index (χ0n) is 6.13. The van der Waals surface area contributed by atoms with E-state index in [1.54, 1.807) is 7.05 Å². The van der Waals surface area contributed by atoms with Gasteiger partial charge in [-0.25, -0.2) is 5.21 Å². The second-order valence-electron chi connectivity index (χ2n) is 2.81. The van der Waals surface area contributed by atoms with Gasteiger partial charge < -0.3 is 4.90 Å². The smallest absolute Gasteiger partial charge is 0.188 e. The molecule has 0 aromatic heterocycles. The summed E-state index contributed by atoms with van der Waals surface area (Å²) in [7, 11) is 3.72. The van der Waals surface area contributed by atoms with Crippen LogP contribution in [0.15, 0.2) is 11.9 Å². The number of rotatable bonds is 0. The van der Waals surface area contributed by atoms with Crippen LogP contribution in [0.5, 0.6) is 0 Å². The van der Waals surface area contributed by atoms with Crippen LogP contribution in [-0.2, 0) is 0 Å². The first-order chi connectivity index (χ1) is 4.02. The van der Waals surface area contributed by atoms with Gasteiger partial charge in [-0.3, -0.25) is 0 Å². The van der Waals surface area contributed by atoms with Gasteiger partial charge in [-0.15, -0.1) is 4.65 Å². The molecule has 9 heavy (non-hydrogen) atoms. The molecule has 52 valence electrons. The summed E-state index contributed by atoms with van der Waals surface area (Å²) in [5.74, 6) is 0. The van der Waals surface area contributed by atoms with Crippen LogP contribution in [0.25, 0.3) is 0 Å². The molecule has 0 spiro atoms. The van der Waals surface area contributed by atoms with Crippen LogP contribution < -0.4 is 0 Å². The van der Waals surface area contributed by atoms with E-state index in [9.17, 15) is 5.21 Å². The van der Waals surface area contributed by atoms with Gasteiger partial charge in [-0.2, -0.15) is 0 Å². The number of quaternary nitrogens is 1. The molecule has 0 saturated carbocycles. The van der Waals surface area contributed by atoms with Crippen molar-refractivity contribution in [1.29, 1.82) is 0 Å². The molecule has 1 aliphatic rings. The SMILES string of the molecule is CC1=CN(C)C[N+]1(C)O. The van der Waals surface area contributed by atoms with Gasteiger partial charge >= 0.3 is 0 Å². The van der Waals surface area contributed by atoms with Gasteiger partial charge in [-0.1, -0.05) is 0 Å². The summed E-state index contributed by atoms with van der Waals surface area (Å²) in [6.07, 6.45) is 1.94. The second kappa shape index (κ2) is 1.72. The molecule has 0 aromatic carbocycles. The van der Waals surface area contributed by atoms with Crippen molar-refractivity contribution in [2.45, 2.75) is 6.92 Å². The highest BCUT2D eigenvalue weighted by Gasteiger charge is 2.29. The van der Waals surface area contributed by atoms with Gasteiger partial charge in [0, 0.05) is 14.0 Å². The van der Waals surface area contributed by atoms with Crippen LogP contribution in [0.3, 0.4) is 0 Å². The lowest BCUT2D eigenvalue weighted by Crippen LogP contribution is -2.38. The summed E-state index contributed by atoms with van der Waals surface area (Å²) in [6.45, 7) is 2.58. The predicted molar refractivity (Wildman–Crippen MR) is 34.4 cm³/mol. The molecule has 0 aromatic rings. The predicted octanol–water partition coefficient (Wildman–Crippen LogP) is 0.586. The van der Waals surface area contributed by atoms with Crippen molar-refractivity contribution in [2.75, 3.05) is 20.8 Å². The van der Waals surface area contributed by atoms with Crippen LogP contribution in [0.1, 0.15) is 6.92 Å². The number of nitrogens with zero attached hydrogens (tertiary/aromatic N) is 2. The third kappa shape index (κ3) is 1.06. The Morgan fingerprint density at radius 1 is 1.78 bits per heavy atom. The average Bonchev–Trinajstić information content (AvgIpc) is 1.79. The van der Waals surface area contributed by atoms with Gasteiger partial charge in [0.05, 0.1) is 6.20 Å². The van der Waals surface area contributed by atoms with Crippen LogP contribution in [-0.4, -0.2) is 35.5 Å². The van der Waals surface area contributed by atoms with Crippen molar-refractivity contribution >= 4 is 0 Å². The standard InChI is InChI=1S/C6H13N2O/c1-6-4-7(2)5-8(6,3)9/h4,9H,5H2,1-3H3/q+1. The van der Waals surface area contributed by atoms with Gasteiger partial charge in [0.2, 0.25) is 0 Å². The maximum absolute atomic E-state index is 9.46. The van der Waals surface area contributed by atoms with E-state index in [4.69, 9.17) is 0 Å². The number of hydrogen-bond donors (Lipinski definition) is 1. The first kappa shape index (κ1) is 6.58. The third-order valence-electron chi connectivity index (χ3n) is 1.67. The maximum Gasteiger partial charge on any atom is 0.188 e. The lowest BCUT2D eigenvalue weighted by atomic mass is 10.5. The highest BCUT2D eigenvalue weighted by Crippen LogP contribution is 2.17. The fourth-order valence-corrected chi connectivity index (χ4v) is 1.03. The molecule has 0 amide bonds. The summed E-state index contributed by atoms with van der Waals surface area (Å²) in [4.78, 5) is 1.97. The molecule has 0 radical (unpaired) electrons. The Labute approximate surface area is 55.3 Å². The monoisotopic (exact) mass is 129 g/mol. The molecule has 0 aliphatic carbocycles. The van der Waals surface area contributed by atoms with Crippen molar-refractivity contribution in [3.8, 4) is 0 Å². The van der Waals surface area contributed by atoms with Crippen molar-refractivity contribution in [3.05, 3.63) is 11.9 Å². The number of hydrogen-bond acceptors (Lipinski definition) is 2. The molecule has 1 N–H and O–H groups in total. The zero-order valence-corrected chi connectivity index (χ0v) is 6.13. The lowest BCUT2D eigenvalue weighted by Gasteiger charge is -2.20. The minimum absolute atomic E-state index is 0.0104. The highest BCUT2D eigenvalue weighted by molar-refractivity contribution is 4.90. The van der Waals surface area contributed by atoms with Crippen LogP contribution in [0.2, 0.25) is 0 Å². The molecular formula is C6H13N2O+. The number of allylic oxidation sites excluding steroid dienone is 1. The van der Waals surface area contributed by atoms with Crippen molar-refractivity contribution in [1.82, 2.24) is 4.90 Å². The molecule has 1 heterocycles. The Kier molecular flexibility index (Phi) is 1.26. The fourth-order valence-electron chi connectivity index (χ4n) is 1.03. The molecular weight excluding hydrogens is 116 g/mol. The largest absolute Gasteiger partial charge is 0.327 e. The van der Waals surface area contributed by atoms with E-state index in [0.717, 1.165) is 5.70 Å². The Balaban J connectivity index is 2.76. The van der Waals surface area contributed by atoms with E-state index in [1.807, 2.05) is 25.1 Å². The van der Waals surface area contributed by atoms with Gasteiger partial charge in [0.25, 0.3) is 0 Å². The minimum Gasteiger partial charge on any atom is -0.327 e. The molecule has 1 rings (SSSR count). The first-order valence-electron chi connectivity index (χ1n) is 3.00. The molecule has 1 atom stereocenters. The Hall–Kier alpha value is -0.540. The average molecular weight is 129 g/mol. The summed E-state index contributed by atoms with van der Waals surface area (Å²) in [5, 5.41) is 9.46. The molecule has 0 bridgehead atoms. The Morgan fingerprint density at radius 3 is 2.44 bits per heavy atom. The topological polar surface area (TPSA) is 23.5 Å². The summed E-state index contributed by atoms with van der Waals surface area (Å²) in [6, 6.07) is 0.